The summed E-state index contributed by atoms with van der Waals surface area (Å²) in [5.74, 6) is -0.0418. The number of benzene rings is 1. The summed E-state index contributed by atoms with van der Waals surface area (Å²) in [4.78, 5) is 11.1. The average Bonchev–Trinajstić information content (AvgIpc) is 2.39. The molecule has 1 saturated heterocycles. The number of rotatable bonds is 3. The van der Waals surface area contributed by atoms with Gasteiger partial charge in [-0.05, 0) is 25.3 Å². The highest BCUT2D eigenvalue weighted by Gasteiger charge is 2.25. The normalized spacial score (nSPS) is 22.1. The number of Topliss-reactive ketones (excluding diaryl/α,β-unsaturated/α-hetero) is 1. The Morgan fingerprint density at radius 1 is 1.41 bits per heavy atom. The van der Waals surface area contributed by atoms with Crippen molar-refractivity contribution in [1.82, 2.24) is 0 Å². The molecule has 0 spiro atoms. The van der Waals surface area contributed by atoms with Crippen LogP contribution in [-0.4, -0.2) is 19.0 Å². The summed E-state index contributed by atoms with van der Waals surface area (Å²) >= 11 is 0. The molecule has 1 heterocycles. The first-order chi connectivity index (χ1) is 8.18. The van der Waals surface area contributed by atoms with Gasteiger partial charge in [0, 0.05) is 18.1 Å². The molecular weight excluding hydrogens is 219 g/mol. The Morgan fingerprint density at radius 3 is 2.65 bits per heavy atom. The fraction of sp³-hybridized carbons (Fsp3) is 0.500. The molecule has 2 rings (SSSR count). The van der Waals surface area contributed by atoms with Gasteiger partial charge in [-0.3, -0.25) is 4.79 Å². The largest absolute Gasteiger partial charge is 0.381 e. The van der Waals surface area contributed by atoms with E-state index in [4.69, 9.17) is 4.74 Å². The third-order valence-corrected chi connectivity index (χ3v) is 3.25. The molecule has 0 bridgehead atoms. The number of carbonyl (C=O) groups excluding carboxylic acids is 1. The Morgan fingerprint density at radius 2 is 2.12 bits per heavy atom. The molecule has 0 N–H and O–H groups in total. The average molecular weight is 236 g/mol. The number of hydrogen-bond acceptors (Lipinski definition) is 2. The molecule has 0 aromatic heterocycles. The van der Waals surface area contributed by atoms with E-state index in [9.17, 15) is 9.18 Å². The predicted molar refractivity (Wildman–Crippen MR) is 63.8 cm³/mol. The zero-order chi connectivity index (χ0) is 12.3. The van der Waals surface area contributed by atoms with Crippen LogP contribution in [0.25, 0.3) is 0 Å². The molecule has 1 aliphatic heterocycles. The van der Waals surface area contributed by atoms with Crippen molar-refractivity contribution in [1.29, 1.82) is 0 Å². The quantitative estimate of drug-likeness (QED) is 0.752. The lowest BCUT2D eigenvalue weighted by atomic mass is 9.91. The zero-order valence-corrected chi connectivity index (χ0v) is 9.99. The third kappa shape index (κ3) is 2.91. The second-order valence-corrected chi connectivity index (χ2v) is 4.56. The van der Waals surface area contributed by atoms with E-state index in [-0.39, 0.29) is 11.7 Å². The Hall–Kier alpha value is -1.22. The molecule has 2 atom stereocenters. The number of hydrogen-bond donors (Lipinski definition) is 0. The summed E-state index contributed by atoms with van der Waals surface area (Å²) in [6.07, 6.45) is 0.808. The SMILES string of the molecule is CC(=O)c1ccc(C(F)C2CCCOC2)cc1. The monoisotopic (exact) mass is 236 g/mol. The molecule has 1 aromatic rings. The van der Waals surface area contributed by atoms with Gasteiger partial charge in [-0.2, -0.15) is 0 Å². The first-order valence-electron chi connectivity index (χ1n) is 6.01. The number of alkyl halides is 1. The van der Waals surface area contributed by atoms with Gasteiger partial charge in [-0.15, -0.1) is 0 Å². The van der Waals surface area contributed by atoms with E-state index in [1.807, 2.05) is 0 Å². The Labute approximate surface area is 101 Å². The van der Waals surface area contributed by atoms with E-state index in [1.165, 1.54) is 6.92 Å². The highest BCUT2D eigenvalue weighted by Crippen LogP contribution is 2.32. The topological polar surface area (TPSA) is 26.3 Å². The van der Waals surface area contributed by atoms with Gasteiger partial charge in [0.15, 0.2) is 5.78 Å². The zero-order valence-electron chi connectivity index (χ0n) is 9.99. The molecule has 0 saturated carbocycles. The van der Waals surface area contributed by atoms with E-state index >= 15 is 0 Å². The van der Waals surface area contributed by atoms with E-state index in [1.54, 1.807) is 24.3 Å². The summed E-state index contributed by atoms with van der Waals surface area (Å²) < 4.78 is 19.5. The van der Waals surface area contributed by atoms with E-state index in [0.717, 1.165) is 19.4 Å². The highest BCUT2D eigenvalue weighted by atomic mass is 19.1. The van der Waals surface area contributed by atoms with Gasteiger partial charge in [-0.1, -0.05) is 24.3 Å². The van der Waals surface area contributed by atoms with E-state index in [2.05, 4.69) is 0 Å². The van der Waals surface area contributed by atoms with Crippen molar-refractivity contribution in [2.45, 2.75) is 25.9 Å². The van der Waals surface area contributed by atoms with Crippen molar-refractivity contribution in [3.63, 3.8) is 0 Å². The van der Waals surface area contributed by atoms with Gasteiger partial charge in [0.05, 0.1) is 6.61 Å². The molecule has 0 aliphatic carbocycles. The Bertz CT molecular complexity index is 380. The van der Waals surface area contributed by atoms with Crippen LogP contribution in [0.2, 0.25) is 0 Å². The van der Waals surface area contributed by atoms with Crippen LogP contribution in [0.4, 0.5) is 4.39 Å². The van der Waals surface area contributed by atoms with Gasteiger partial charge in [-0.25, -0.2) is 4.39 Å². The maximum Gasteiger partial charge on any atom is 0.159 e. The minimum absolute atomic E-state index is 0.00737. The minimum atomic E-state index is -0.990. The molecular formula is C14H17FO2. The second-order valence-electron chi connectivity index (χ2n) is 4.56. The fourth-order valence-corrected chi connectivity index (χ4v) is 2.17. The third-order valence-electron chi connectivity index (χ3n) is 3.25. The van der Waals surface area contributed by atoms with Crippen LogP contribution in [0.5, 0.6) is 0 Å². The minimum Gasteiger partial charge on any atom is -0.381 e. The number of carbonyl (C=O) groups is 1. The molecule has 2 nitrogen and oxygen atoms in total. The van der Waals surface area contributed by atoms with Crippen molar-refractivity contribution in [3.05, 3.63) is 35.4 Å². The Kier molecular flexibility index (Phi) is 3.89. The smallest absolute Gasteiger partial charge is 0.159 e. The Balaban J connectivity index is 2.07. The maximum atomic E-state index is 14.2. The maximum absolute atomic E-state index is 14.2. The summed E-state index contributed by atoms with van der Waals surface area (Å²) in [5.41, 5.74) is 1.27. The highest BCUT2D eigenvalue weighted by molar-refractivity contribution is 5.94. The molecule has 3 heteroatoms. The van der Waals surface area contributed by atoms with Gasteiger partial charge in [0.1, 0.15) is 6.17 Å². The standard InChI is InChI=1S/C14H17FO2/c1-10(16)11-4-6-12(7-5-11)14(15)13-3-2-8-17-9-13/h4-7,13-14H,2-3,8-9H2,1H3. The van der Waals surface area contributed by atoms with Crippen LogP contribution in [0.15, 0.2) is 24.3 Å². The lowest BCUT2D eigenvalue weighted by Crippen LogP contribution is -2.21. The second kappa shape index (κ2) is 5.41. The number of halogens is 1. The number of ether oxygens (including phenoxy) is 1. The van der Waals surface area contributed by atoms with Crippen LogP contribution in [0.3, 0.4) is 0 Å². The number of ketones is 1. The van der Waals surface area contributed by atoms with Crippen molar-refractivity contribution < 1.29 is 13.9 Å². The molecule has 1 aromatic carbocycles. The summed E-state index contributed by atoms with van der Waals surface area (Å²) in [5, 5.41) is 0. The van der Waals surface area contributed by atoms with Crippen LogP contribution < -0.4 is 0 Å². The van der Waals surface area contributed by atoms with Crippen LogP contribution in [0.1, 0.15) is 41.9 Å². The van der Waals surface area contributed by atoms with Gasteiger partial charge in [0.25, 0.3) is 0 Å². The molecule has 92 valence electrons. The molecule has 1 aliphatic rings. The van der Waals surface area contributed by atoms with Crippen molar-refractivity contribution in [2.75, 3.05) is 13.2 Å². The van der Waals surface area contributed by atoms with E-state index < -0.39 is 6.17 Å². The summed E-state index contributed by atoms with van der Waals surface area (Å²) in [7, 11) is 0. The first-order valence-corrected chi connectivity index (χ1v) is 6.01. The lowest BCUT2D eigenvalue weighted by molar-refractivity contribution is 0.0197. The molecule has 0 radical (unpaired) electrons. The summed E-state index contributed by atoms with van der Waals surface area (Å²) in [6.45, 7) is 2.75. The fourth-order valence-electron chi connectivity index (χ4n) is 2.17. The predicted octanol–water partition coefficient (Wildman–Crippen LogP) is 3.33. The first kappa shape index (κ1) is 12.2. The van der Waals surface area contributed by atoms with Crippen molar-refractivity contribution in [2.24, 2.45) is 5.92 Å². The lowest BCUT2D eigenvalue weighted by Gasteiger charge is -2.25. The van der Waals surface area contributed by atoms with Gasteiger partial charge < -0.3 is 4.74 Å². The molecule has 1 fully saturated rings. The summed E-state index contributed by atoms with van der Waals surface area (Å²) in [6, 6.07) is 6.79. The van der Waals surface area contributed by atoms with Gasteiger partial charge in [0.2, 0.25) is 0 Å². The van der Waals surface area contributed by atoms with Crippen molar-refractivity contribution >= 4 is 5.78 Å². The van der Waals surface area contributed by atoms with Crippen molar-refractivity contribution in [3.8, 4) is 0 Å². The van der Waals surface area contributed by atoms with Crippen LogP contribution >= 0.6 is 0 Å². The van der Waals surface area contributed by atoms with Gasteiger partial charge >= 0.3 is 0 Å². The van der Waals surface area contributed by atoms with E-state index in [0.29, 0.717) is 17.7 Å². The molecule has 2 unspecified atom stereocenters. The van der Waals surface area contributed by atoms with Crippen LogP contribution in [0, 0.1) is 5.92 Å². The molecule has 0 amide bonds. The molecule has 17 heavy (non-hydrogen) atoms. The van der Waals surface area contributed by atoms with Crippen LogP contribution in [-0.2, 0) is 4.74 Å².